The number of carboxylic acid groups (broad SMARTS) is 1. The Kier molecular flexibility index (Phi) is 5.26. The molecule has 0 saturated heterocycles. The molecule has 2 rings (SSSR count). The quantitative estimate of drug-likeness (QED) is 0.848. The molecule has 5 nitrogen and oxygen atoms in total. The van der Waals surface area contributed by atoms with Crippen LogP contribution < -0.4 is 10.1 Å². The first-order chi connectivity index (χ1) is 10.8. The lowest BCUT2D eigenvalue weighted by Gasteiger charge is -2.16. The van der Waals surface area contributed by atoms with Crippen molar-refractivity contribution in [3.05, 3.63) is 28.6 Å². The van der Waals surface area contributed by atoms with E-state index in [0.29, 0.717) is 11.3 Å². The smallest absolute Gasteiger partial charge is 0.326 e. The summed E-state index contributed by atoms with van der Waals surface area (Å²) in [4.78, 5) is 24.3. The largest absolute Gasteiger partial charge is 0.497 e. The van der Waals surface area contributed by atoms with Gasteiger partial charge in [-0.05, 0) is 48.4 Å². The minimum Gasteiger partial charge on any atom is -0.497 e. The fourth-order valence-corrected chi connectivity index (χ4v) is 3.55. The van der Waals surface area contributed by atoms with Crippen LogP contribution in [-0.4, -0.2) is 30.1 Å². The number of nitrogens with one attached hydrogen (secondary N) is 1. The van der Waals surface area contributed by atoms with E-state index in [4.69, 9.17) is 4.74 Å². The maximum Gasteiger partial charge on any atom is 0.326 e. The van der Waals surface area contributed by atoms with Crippen LogP contribution >= 0.6 is 11.3 Å². The van der Waals surface area contributed by atoms with E-state index < -0.39 is 12.0 Å². The van der Waals surface area contributed by atoms with Crippen LogP contribution in [0.1, 0.15) is 35.5 Å². The molecule has 23 heavy (non-hydrogen) atoms. The Morgan fingerprint density at radius 3 is 2.61 bits per heavy atom. The fraction of sp³-hybridized carbons (Fsp3) is 0.412. The molecule has 1 heterocycles. The van der Waals surface area contributed by atoms with E-state index in [-0.39, 0.29) is 11.8 Å². The number of fused-ring (bicyclic) bond motifs is 1. The van der Waals surface area contributed by atoms with Crippen LogP contribution in [0.4, 0.5) is 0 Å². The first kappa shape index (κ1) is 17.3. The SMILES string of the molecule is COc1ccc2sc(C(=O)N[C@@H](CC(C)C)C(=O)O)c(C)c2c1. The number of methoxy groups -OCH3 is 1. The van der Waals surface area contributed by atoms with Crippen molar-refractivity contribution in [2.45, 2.75) is 33.2 Å². The topological polar surface area (TPSA) is 75.6 Å². The monoisotopic (exact) mass is 335 g/mol. The number of carboxylic acids is 1. The zero-order valence-corrected chi connectivity index (χ0v) is 14.5. The van der Waals surface area contributed by atoms with E-state index in [1.807, 2.05) is 39.0 Å². The number of carbonyl (C=O) groups is 2. The standard InChI is InChI=1S/C17H21NO4S/c1-9(2)7-13(17(20)21)18-16(19)15-10(3)12-8-11(22-4)5-6-14(12)23-15/h5-6,8-9,13H,7H2,1-4H3,(H,18,19)(H,20,21)/t13-/m0/s1. The summed E-state index contributed by atoms with van der Waals surface area (Å²) in [6, 6.07) is 4.77. The van der Waals surface area contributed by atoms with Gasteiger partial charge in [-0.25, -0.2) is 4.79 Å². The molecule has 0 saturated carbocycles. The van der Waals surface area contributed by atoms with Crippen LogP contribution in [0.5, 0.6) is 5.75 Å². The third kappa shape index (κ3) is 3.82. The molecule has 2 N–H and O–H groups in total. The third-order valence-electron chi connectivity index (χ3n) is 3.66. The molecule has 0 radical (unpaired) electrons. The number of amides is 1. The van der Waals surface area contributed by atoms with E-state index in [1.165, 1.54) is 11.3 Å². The van der Waals surface area contributed by atoms with Crippen molar-refractivity contribution in [3.63, 3.8) is 0 Å². The van der Waals surface area contributed by atoms with Crippen LogP contribution in [0.25, 0.3) is 10.1 Å². The Morgan fingerprint density at radius 1 is 1.35 bits per heavy atom. The van der Waals surface area contributed by atoms with Crippen molar-refractivity contribution < 1.29 is 19.4 Å². The molecular formula is C17H21NO4S. The molecular weight excluding hydrogens is 314 g/mol. The summed E-state index contributed by atoms with van der Waals surface area (Å²) in [5.74, 6) is -0.430. The van der Waals surface area contributed by atoms with Gasteiger partial charge in [0.2, 0.25) is 0 Å². The second-order valence-electron chi connectivity index (χ2n) is 5.91. The number of aryl methyl sites for hydroxylation is 1. The molecule has 0 aliphatic carbocycles. The molecule has 6 heteroatoms. The lowest BCUT2D eigenvalue weighted by Crippen LogP contribution is -2.41. The average molecular weight is 335 g/mol. The Balaban J connectivity index is 2.30. The number of carbonyl (C=O) groups excluding carboxylic acids is 1. The summed E-state index contributed by atoms with van der Waals surface area (Å²) in [6.45, 7) is 5.73. The van der Waals surface area contributed by atoms with Crippen LogP contribution in [0.2, 0.25) is 0 Å². The number of hydrogen-bond acceptors (Lipinski definition) is 4. The van der Waals surface area contributed by atoms with E-state index in [2.05, 4.69) is 5.32 Å². The molecule has 124 valence electrons. The summed E-state index contributed by atoms with van der Waals surface area (Å²) in [7, 11) is 1.60. The highest BCUT2D eigenvalue weighted by Gasteiger charge is 2.24. The van der Waals surface area contributed by atoms with Gasteiger partial charge < -0.3 is 15.2 Å². The predicted octanol–water partition coefficient (Wildman–Crippen LogP) is 3.45. The maximum atomic E-state index is 12.5. The number of thiophene rings is 1. The Hall–Kier alpha value is -2.08. The average Bonchev–Trinajstić information content (AvgIpc) is 2.82. The molecule has 0 aliphatic rings. The highest BCUT2D eigenvalue weighted by Crippen LogP contribution is 2.33. The second kappa shape index (κ2) is 7.00. The van der Waals surface area contributed by atoms with Crippen molar-refractivity contribution in [1.29, 1.82) is 0 Å². The van der Waals surface area contributed by atoms with Crippen LogP contribution in [0.15, 0.2) is 18.2 Å². The van der Waals surface area contributed by atoms with Gasteiger partial charge in [-0.3, -0.25) is 4.79 Å². The van der Waals surface area contributed by atoms with Gasteiger partial charge in [0.1, 0.15) is 11.8 Å². The minimum absolute atomic E-state index is 0.184. The summed E-state index contributed by atoms with van der Waals surface area (Å²) in [6.07, 6.45) is 0.402. The number of hydrogen-bond donors (Lipinski definition) is 2. The molecule has 0 bridgehead atoms. The Labute approximate surface area is 139 Å². The van der Waals surface area contributed by atoms with Gasteiger partial charge in [-0.1, -0.05) is 13.8 Å². The molecule has 1 atom stereocenters. The number of ether oxygens (including phenoxy) is 1. The second-order valence-corrected chi connectivity index (χ2v) is 6.96. The van der Waals surface area contributed by atoms with Crippen molar-refractivity contribution in [3.8, 4) is 5.75 Å². The number of rotatable bonds is 6. The Morgan fingerprint density at radius 2 is 2.04 bits per heavy atom. The lowest BCUT2D eigenvalue weighted by atomic mass is 10.0. The molecule has 1 aromatic heterocycles. The van der Waals surface area contributed by atoms with Crippen molar-refractivity contribution >= 4 is 33.3 Å². The molecule has 0 spiro atoms. The molecule has 0 aliphatic heterocycles. The predicted molar refractivity (Wildman–Crippen MR) is 91.5 cm³/mol. The zero-order valence-electron chi connectivity index (χ0n) is 13.7. The van der Waals surface area contributed by atoms with Crippen molar-refractivity contribution in [2.24, 2.45) is 5.92 Å². The summed E-state index contributed by atoms with van der Waals surface area (Å²) < 4.78 is 6.19. The zero-order chi connectivity index (χ0) is 17.1. The number of aliphatic carboxylic acids is 1. The summed E-state index contributed by atoms with van der Waals surface area (Å²) in [5, 5.41) is 12.9. The van der Waals surface area contributed by atoms with Gasteiger partial charge in [0.25, 0.3) is 5.91 Å². The minimum atomic E-state index is -1.01. The van der Waals surface area contributed by atoms with E-state index in [9.17, 15) is 14.7 Å². The van der Waals surface area contributed by atoms with Gasteiger partial charge in [-0.2, -0.15) is 0 Å². The summed E-state index contributed by atoms with van der Waals surface area (Å²) >= 11 is 1.36. The normalized spacial score (nSPS) is 12.4. The van der Waals surface area contributed by atoms with Gasteiger partial charge in [0.05, 0.1) is 12.0 Å². The summed E-state index contributed by atoms with van der Waals surface area (Å²) in [5.41, 5.74) is 0.843. The van der Waals surface area contributed by atoms with Gasteiger partial charge >= 0.3 is 5.97 Å². The number of benzene rings is 1. The van der Waals surface area contributed by atoms with Gasteiger partial charge in [0.15, 0.2) is 0 Å². The van der Waals surface area contributed by atoms with Gasteiger partial charge in [-0.15, -0.1) is 11.3 Å². The first-order valence-corrected chi connectivity index (χ1v) is 8.26. The molecule has 0 fully saturated rings. The van der Waals surface area contributed by atoms with Crippen molar-refractivity contribution in [2.75, 3.05) is 7.11 Å². The van der Waals surface area contributed by atoms with E-state index in [0.717, 1.165) is 21.4 Å². The highest BCUT2D eigenvalue weighted by molar-refractivity contribution is 7.21. The molecule has 1 aromatic carbocycles. The van der Waals surface area contributed by atoms with Crippen LogP contribution in [-0.2, 0) is 4.79 Å². The Bertz CT molecular complexity index is 736. The first-order valence-electron chi connectivity index (χ1n) is 7.44. The van der Waals surface area contributed by atoms with Crippen LogP contribution in [0, 0.1) is 12.8 Å². The fourth-order valence-electron chi connectivity index (χ4n) is 2.46. The maximum absolute atomic E-state index is 12.5. The molecule has 1 amide bonds. The van der Waals surface area contributed by atoms with Gasteiger partial charge in [0, 0.05) is 4.70 Å². The third-order valence-corrected chi connectivity index (χ3v) is 4.93. The van der Waals surface area contributed by atoms with Crippen molar-refractivity contribution in [1.82, 2.24) is 5.32 Å². The lowest BCUT2D eigenvalue weighted by molar-refractivity contribution is -0.139. The molecule has 2 aromatic rings. The van der Waals surface area contributed by atoms with E-state index in [1.54, 1.807) is 7.11 Å². The highest BCUT2D eigenvalue weighted by atomic mass is 32.1. The van der Waals surface area contributed by atoms with Crippen LogP contribution in [0.3, 0.4) is 0 Å². The van der Waals surface area contributed by atoms with E-state index >= 15 is 0 Å². The molecule has 0 unspecified atom stereocenters.